The van der Waals surface area contributed by atoms with E-state index < -0.39 is 22.9 Å². The van der Waals surface area contributed by atoms with E-state index in [1.807, 2.05) is 30.3 Å². The van der Waals surface area contributed by atoms with Gasteiger partial charge in [-0.2, -0.15) is 0 Å². The van der Waals surface area contributed by atoms with Crippen LogP contribution in [0.4, 0.5) is 4.39 Å². The number of rotatable bonds is 4. The summed E-state index contributed by atoms with van der Waals surface area (Å²) in [5, 5.41) is 10.5. The highest BCUT2D eigenvalue weighted by molar-refractivity contribution is 6.00. The van der Waals surface area contributed by atoms with Crippen LogP contribution in [-0.4, -0.2) is 20.4 Å². The number of aromatic amines is 1. The Kier molecular flexibility index (Phi) is 4.79. The fourth-order valence-electron chi connectivity index (χ4n) is 2.58. The van der Waals surface area contributed by atoms with Crippen molar-refractivity contribution in [2.24, 2.45) is 4.99 Å². The van der Waals surface area contributed by atoms with Gasteiger partial charge in [-0.15, -0.1) is 0 Å². The van der Waals surface area contributed by atoms with Crippen LogP contribution >= 0.6 is 0 Å². The molecule has 0 fully saturated rings. The zero-order valence-electron chi connectivity index (χ0n) is 13.9. The summed E-state index contributed by atoms with van der Waals surface area (Å²) < 4.78 is 14.8. The molecule has 0 aliphatic carbocycles. The summed E-state index contributed by atoms with van der Waals surface area (Å²) in [6.45, 7) is 1.84. The number of benzene rings is 2. The predicted octanol–water partition coefficient (Wildman–Crippen LogP) is 2.38. The predicted molar refractivity (Wildman–Crippen MR) is 96.6 cm³/mol. The number of nitrogens with zero attached hydrogens (tertiary/aromatic N) is 2. The number of halogens is 1. The molecule has 2 N–H and O–H groups in total. The number of hydrogen-bond donors (Lipinski definition) is 2. The van der Waals surface area contributed by atoms with Crippen molar-refractivity contribution in [1.29, 1.82) is 0 Å². The topological polar surface area (TPSA) is 87.4 Å². The fourth-order valence-corrected chi connectivity index (χ4v) is 2.58. The molecule has 132 valence electrons. The number of hydrogen-bond acceptors (Lipinski definition) is 4. The third-order valence-corrected chi connectivity index (χ3v) is 3.88. The molecule has 0 radical (unpaired) electrons. The van der Waals surface area contributed by atoms with Gasteiger partial charge in [0.25, 0.3) is 5.56 Å². The lowest BCUT2D eigenvalue weighted by atomic mass is 10.2. The first-order chi connectivity index (χ1) is 12.5. The first kappa shape index (κ1) is 17.3. The van der Waals surface area contributed by atoms with Crippen LogP contribution in [0.3, 0.4) is 0 Å². The Morgan fingerprint density at radius 1 is 1.12 bits per heavy atom. The van der Waals surface area contributed by atoms with Gasteiger partial charge in [0, 0.05) is 0 Å². The summed E-state index contributed by atoms with van der Waals surface area (Å²) in [7, 11) is 0. The first-order valence-corrected chi connectivity index (χ1v) is 7.87. The molecule has 0 saturated heterocycles. The summed E-state index contributed by atoms with van der Waals surface area (Å²) in [6, 6.07) is 14.8. The summed E-state index contributed by atoms with van der Waals surface area (Å²) in [6.07, 6.45) is 0. The lowest BCUT2D eigenvalue weighted by molar-refractivity contribution is 0.426. The van der Waals surface area contributed by atoms with Crippen molar-refractivity contribution in [1.82, 2.24) is 9.55 Å². The van der Waals surface area contributed by atoms with Crippen LogP contribution in [-0.2, 0) is 6.54 Å². The van der Waals surface area contributed by atoms with E-state index in [9.17, 15) is 19.1 Å². The van der Waals surface area contributed by atoms with Crippen molar-refractivity contribution in [3.63, 3.8) is 0 Å². The summed E-state index contributed by atoms with van der Waals surface area (Å²) in [4.78, 5) is 30.7. The lowest BCUT2D eigenvalue weighted by Gasteiger charge is -2.12. The smallest absolute Gasteiger partial charge is 0.335 e. The summed E-state index contributed by atoms with van der Waals surface area (Å²) >= 11 is 0. The van der Waals surface area contributed by atoms with Gasteiger partial charge in [0.05, 0.1) is 17.9 Å². The normalized spacial score (nSPS) is 11.5. The van der Waals surface area contributed by atoms with Gasteiger partial charge < -0.3 is 5.11 Å². The number of aromatic hydroxyl groups is 1. The van der Waals surface area contributed by atoms with E-state index in [0.717, 1.165) is 11.6 Å². The second-order valence-electron chi connectivity index (χ2n) is 5.63. The first-order valence-electron chi connectivity index (χ1n) is 7.87. The summed E-state index contributed by atoms with van der Waals surface area (Å²) in [5.74, 6) is -1.36. The molecule has 0 saturated carbocycles. The zero-order valence-corrected chi connectivity index (χ0v) is 13.9. The molecule has 0 spiro atoms. The molecule has 6 nitrogen and oxygen atoms in total. The maximum Gasteiger partial charge on any atom is 0.335 e. The van der Waals surface area contributed by atoms with Gasteiger partial charge in [0.1, 0.15) is 11.4 Å². The molecule has 7 heteroatoms. The Labute approximate surface area is 147 Å². The van der Waals surface area contributed by atoms with Gasteiger partial charge in [-0.05, 0) is 24.6 Å². The maximum absolute atomic E-state index is 14.0. The minimum atomic E-state index is -0.933. The molecular weight excluding hydrogens is 337 g/mol. The number of para-hydroxylation sites is 1. The molecule has 1 aromatic heterocycles. The molecule has 0 aliphatic heterocycles. The Balaban J connectivity index is 2.11. The van der Waals surface area contributed by atoms with Gasteiger partial charge in [-0.1, -0.05) is 42.5 Å². The Hall–Kier alpha value is -3.48. The molecule has 3 aromatic rings. The zero-order chi connectivity index (χ0) is 18.7. The van der Waals surface area contributed by atoms with Crippen molar-refractivity contribution in [3.05, 3.63) is 92.4 Å². The van der Waals surface area contributed by atoms with Crippen LogP contribution in [0.1, 0.15) is 18.1 Å². The van der Waals surface area contributed by atoms with Crippen LogP contribution in [0.5, 0.6) is 5.88 Å². The van der Waals surface area contributed by atoms with Crippen molar-refractivity contribution >= 4 is 5.71 Å². The number of nitrogens with one attached hydrogen (secondary N) is 1. The van der Waals surface area contributed by atoms with Gasteiger partial charge in [0.15, 0.2) is 0 Å². The molecule has 3 rings (SSSR count). The standard InChI is InChI=1S/C19H16FN3O3/c1-12(21-11-13-7-3-2-4-8-13)16-17(24)22-19(26)23(18(16)25)15-10-6-5-9-14(15)20/h2-10,25H,11H2,1H3,(H,22,24,26). The third-order valence-electron chi connectivity index (χ3n) is 3.88. The Bertz CT molecular complexity index is 1090. The van der Waals surface area contributed by atoms with Crippen molar-refractivity contribution < 1.29 is 9.50 Å². The van der Waals surface area contributed by atoms with Crippen molar-refractivity contribution in [3.8, 4) is 11.6 Å². The minimum Gasteiger partial charge on any atom is -0.493 e. The Morgan fingerprint density at radius 2 is 1.77 bits per heavy atom. The third kappa shape index (κ3) is 3.32. The van der Waals surface area contributed by atoms with Crippen LogP contribution < -0.4 is 11.2 Å². The highest BCUT2D eigenvalue weighted by atomic mass is 19.1. The average molecular weight is 353 g/mol. The van der Waals surface area contributed by atoms with Gasteiger partial charge in [-0.25, -0.2) is 13.8 Å². The van der Waals surface area contributed by atoms with Crippen LogP contribution in [0, 0.1) is 5.82 Å². The van der Waals surface area contributed by atoms with Gasteiger partial charge in [0.2, 0.25) is 5.88 Å². The number of aromatic nitrogens is 2. The maximum atomic E-state index is 14.0. The fraction of sp³-hybridized carbons (Fsp3) is 0.105. The molecule has 0 unspecified atom stereocenters. The average Bonchev–Trinajstić information content (AvgIpc) is 2.62. The van der Waals surface area contributed by atoms with E-state index in [1.165, 1.54) is 18.2 Å². The largest absolute Gasteiger partial charge is 0.493 e. The molecule has 0 atom stereocenters. The summed E-state index contributed by atoms with van der Waals surface area (Å²) in [5.41, 5.74) is -0.901. The number of H-pyrrole nitrogens is 1. The van der Waals surface area contributed by atoms with Crippen LogP contribution in [0.2, 0.25) is 0 Å². The van der Waals surface area contributed by atoms with E-state index in [2.05, 4.69) is 9.98 Å². The lowest BCUT2D eigenvalue weighted by Crippen LogP contribution is -2.33. The second-order valence-corrected chi connectivity index (χ2v) is 5.63. The SMILES string of the molecule is CC(=NCc1ccccc1)c1c(O)n(-c2ccccc2F)c(=O)[nH]c1=O. The molecule has 0 amide bonds. The molecule has 0 bridgehead atoms. The molecule has 0 aliphatic rings. The Morgan fingerprint density at radius 3 is 2.46 bits per heavy atom. The van der Waals surface area contributed by atoms with Crippen molar-refractivity contribution in [2.75, 3.05) is 0 Å². The van der Waals surface area contributed by atoms with E-state index in [4.69, 9.17) is 0 Å². The monoisotopic (exact) mass is 353 g/mol. The van der Waals surface area contributed by atoms with Crippen LogP contribution in [0.15, 0.2) is 69.2 Å². The molecule has 2 aromatic carbocycles. The van der Waals surface area contributed by atoms with Gasteiger partial charge >= 0.3 is 5.69 Å². The molecular formula is C19H16FN3O3. The van der Waals surface area contributed by atoms with E-state index in [0.29, 0.717) is 11.1 Å². The quantitative estimate of drug-likeness (QED) is 0.706. The van der Waals surface area contributed by atoms with Crippen LogP contribution in [0.25, 0.3) is 5.69 Å². The highest BCUT2D eigenvalue weighted by Crippen LogP contribution is 2.19. The minimum absolute atomic E-state index is 0.164. The van der Waals surface area contributed by atoms with Crippen molar-refractivity contribution in [2.45, 2.75) is 13.5 Å². The van der Waals surface area contributed by atoms with E-state index in [-0.39, 0.29) is 17.0 Å². The molecule has 26 heavy (non-hydrogen) atoms. The number of aliphatic imine (C=N–C) groups is 1. The van der Waals surface area contributed by atoms with Gasteiger partial charge in [-0.3, -0.25) is 14.8 Å². The molecule has 1 heterocycles. The highest BCUT2D eigenvalue weighted by Gasteiger charge is 2.19. The second kappa shape index (κ2) is 7.18. The van der Waals surface area contributed by atoms with E-state index in [1.54, 1.807) is 6.92 Å². The van der Waals surface area contributed by atoms with E-state index >= 15 is 0 Å².